The van der Waals surface area contributed by atoms with Crippen molar-refractivity contribution in [3.63, 3.8) is 0 Å². The second-order valence-electron chi connectivity index (χ2n) is 7.81. The van der Waals surface area contributed by atoms with Crippen molar-refractivity contribution in [2.24, 2.45) is 5.73 Å². The third kappa shape index (κ3) is 7.83. The first-order chi connectivity index (χ1) is 17.0. The first kappa shape index (κ1) is 25.7. The van der Waals surface area contributed by atoms with Crippen LogP contribution in [0.2, 0.25) is 0 Å². The average Bonchev–Trinajstić information content (AvgIpc) is 2.89. The van der Waals surface area contributed by atoms with E-state index < -0.39 is 0 Å². The highest BCUT2D eigenvalue weighted by Crippen LogP contribution is 2.31. The maximum atomic E-state index is 13.9. The van der Waals surface area contributed by atoms with Gasteiger partial charge in [0.15, 0.2) is 0 Å². The Kier molecular flexibility index (Phi) is 9.63. The SMILES string of the molecule is C\C1=C/C=C\C(F)=C\Sc2ccc(CCc3ccc(-c4ccccc4)cc3)cc2NC1=O.NC=O. The molecule has 2 amide bonds. The lowest BCUT2D eigenvalue weighted by Crippen LogP contribution is -2.13. The molecule has 3 aromatic carbocycles. The summed E-state index contributed by atoms with van der Waals surface area (Å²) in [6.07, 6.45) is 6.50. The van der Waals surface area contributed by atoms with E-state index in [0.29, 0.717) is 11.3 Å². The van der Waals surface area contributed by atoms with Gasteiger partial charge in [-0.15, -0.1) is 0 Å². The number of halogens is 1. The summed E-state index contributed by atoms with van der Waals surface area (Å²) < 4.78 is 13.9. The van der Waals surface area contributed by atoms with Crippen LogP contribution in [0.3, 0.4) is 0 Å². The van der Waals surface area contributed by atoms with Crippen LogP contribution in [0.1, 0.15) is 18.1 Å². The highest BCUT2D eigenvalue weighted by molar-refractivity contribution is 8.02. The van der Waals surface area contributed by atoms with Gasteiger partial charge < -0.3 is 11.1 Å². The summed E-state index contributed by atoms with van der Waals surface area (Å²) >= 11 is 1.26. The Morgan fingerprint density at radius 2 is 1.57 bits per heavy atom. The number of hydrogen-bond acceptors (Lipinski definition) is 3. The van der Waals surface area contributed by atoms with Crippen LogP contribution in [0.15, 0.2) is 113 Å². The number of nitrogens with one attached hydrogen (secondary N) is 1. The molecule has 6 heteroatoms. The molecule has 3 N–H and O–H groups in total. The number of allylic oxidation sites excluding steroid dienone is 4. The molecule has 4 rings (SSSR count). The molecule has 0 saturated heterocycles. The lowest BCUT2D eigenvalue weighted by atomic mass is 10.00. The molecular weight excluding hydrogens is 459 g/mol. The second-order valence-corrected chi connectivity index (χ2v) is 8.72. The Hall–Kier alpha value is -3.90. The Bertz CT molecular complexity index is 1250. The predicted molar refractivity (Wildman–Crippen MR) is 143 cm³/mol. The van der Waals surface area contributed by atoms with Crippen LogP contribution in [0.4, 0.5) is 10.1 Å². The molecule has 0 bridgehead atoms. The summed E-state index contributed by atoms with van der Waals surface area (Å²) in [7, 11) is 0. The summed E-state index contributed by atoms with van der Waals surface area (Å²) in [5.41, 5.74) is 10.2. The Morgan fingerprint density at radius 3 is 2.29 bits per heavy atom. The Morgan fingerprint density at radius 1 is 0.943 bits per heavy atom. The summed E-state index contributed by atoms with van der Waals surface area (Å²) in [5.74, 6) is -0.533. The van der Waals surface area contributed by atoms with E-state index in [1.165, 1.54) is 39.9 Å². The number of primary amides is 1. The fourth-order valence-electron chi connectivity index (χ4n) is 3.46. The third-order valence-corrected chi connectivity index (χ3v) is 6.27. The number of amides is 2. The lowest BCUT2D eigenvalue weighted by molar-refractivity contribution is -0.112. The van der Waals surface area contributed by atoms with Crippen LogP contribution in [0, 0.1) is 0 Å². The average molecular weight is 487 g/mol. The fourth-order valence-corrected chi connectivity index (χ4v) is 4.16. The molecule has 1 aliphatic rings. The quantitative estimate of drug-likeness (QED) is 0.408. The molecule has 0 spiro atoms. The number of anilines is 1. The largest absolute Gasteiger partial charge is 0.372 e. The Labute approximate surface area is 209 Å². The lowest BCUT2D eigenvalue weighted by Gasteiger charge is -2.12. The van der Waals surface area contributed by atoms with Gasteiger partial charge in [-0.3, -0.25) is 9.59 Å². The van der Waals surface area contributed by atoms with Gasteiger partial charge in [-0.2, -0.15) is 0 Å². The highest BCUT2D eigenvalue weighted by atomic mass is 32.2. The smallest absolute Gasteiger partial charge is 0.251 e. The van der Waals surface area contributed by atoms with Crippen LogP contribution in [0.5, 0.6) is 0 Å². The maximum Gasteiger partial charge on any atom is 0.251 e. The molecule has 1 aliphatic heterocycles. The van der Waals surface area contributed by atoms with Gasteiger partial charge in [0.05, 0.1) is 5.69 Å². The van der Waals surface area contributed by atoms with Gasteiger partial charge in [-0.25, -0.2) is 4.39 Å². The Balaban J connectivity index is 0.00000108. The van der Waals surface area contributed by atoms with Gasteiger partial charge in [0.2, 0.25) is 6.41 Å². The van der Waals surface area contributed by atoms with E-state index in [0.717, 1.165) is 23.3 Å². The van der Waals surface area contributed by atoms with Crippen molar-refractivity contribution in [2.45, 2.75) is 24.7 Å². The zero-order valence-corrected chi connectivity index (χ0v) is 20.2. The molecule has 35 heavy (non-hydrogen) atoms. The summed E-state index contributed by atoms with van der Waals surface area (Å²) in [4.78, 5) is 21.9. The van der Waals surface area contributed by atoms with E-state index in [2.05, 4.69) is 47.4 Å². The number of benzene rings is 3. The van der Waals surface area contributed by atoms with Crippen molar-refractivity contribution in [3.8, 4) is 11.1 Å². The van der Waals surface area contributed by atoms with Crippen molar-refractivity contribution >= 4 is 29.8 Å². The molecule has 0 fully saturated rings. The molecule has 0 aliphatic carbocycles. The van der Waals surface area contributed by atoms with Crippen molar-refractivity contribution in [3.05, 3.63) is 119 Å². The van der Waals surface area contributed by atoms with Crippen LogP contribution >= 0.6 is 11.8 Å². The number of carbonyl (C=O) groups is 2. The minimum absolute atomic E-state index is 0.188. The zero-order valence-electron chi connectivity index (χ0n) is 19.4. The fraction of sp³-hybridized carbons (Fsp3) is 0.103. The van der Waals surface area contributed by atoms with Crippen molar-refractivity contribution in [2.75, 3.05) is 5.32 Å². The minimum atomic E-state index is -0.345. The van der Waals surface area contributed by atoms with Crippen molar-refractivity contribution < 1.29 is 14.0 Å². The van der Waals surface area contributed by atoms with Crippen LogP contribution in [-0.4, -0.2) is 12.3 Å². The van der Waals surface area contributed by atoms with Crippen molar-refractivity contribution in [1.82, 2.24) is 0 Å². The normalized spacial score (nSPS) is 17.0. The number of fused-ring (bicyclic) bond motifs is 1. The van der Waals surface area contributed by atoms with Gasteiger partial charge in [-0.1, -0.05) is 84.6 Å². The van der Waals surface area contributed by atoms with E-state index in [-0.39, 0.29) is 18.1 Å². The predicted octanol–water partition coefficient (Wildman–Crippen LogP) is 6.60. The van der Waals surface area contributed by atoms with Crippen molar-refractivity contribution in [1.29, 1.82) is 0 Å². The molecule has 4 nitrogen and oxygen atoms in total. The van der Waals surface area contributed by atoms with E-state index in [1.54, 1.807) is 19.1 Å². The number of aryl methyl sites for hydroxylation is 2. The maximum absolute atomic E-state index is 13.9. The van der Waals surface area contributed by atoms with E-state index in [4.69, 9.17) is 4.79 Å². The van der Waals surface area contributed by atoms with Gasteiger partial charge >= 0.3 is 0 Å². The molecule has 3 aromatic rings. The molecular formula is C29H27FN2O2S. The topological polar surface area (TPSA) is 72.2 Å². The molecule has 1 heterocycles. The molecule has 0 aromatic heterocycles. The second kappa shape index (κ2) is 13.1. The summed E-state index contributed by atoms with van der Waals surface area (Å²) in [6, 6.07) is 24.9. The van der Waals surface area contributed by atoms with E-state index >= 15 is 0 Å². The van der Waals surface area contributed by atoms with Gasteiger partial charge in [0.25, 0.3) is 5.91 Å². The molecule has 0 saturated carbocycles. The first-order valence-corrected chi connectivity index (χ1v) is 12.0. The minimum Gasteiger partial charge on any atom is -0.372 e. The van der Waals surface area contributed by atoms with Gasteiger partial charge in [0, 0.05) is 15.9 Å². The standard InChI is InChI=1S/C28H24FNOS.CH3NO/c1-20-6-5-9-25(29)19-32-27-17-14-22(18-26(27)30-28(20)31)11-10-21-12-15-24(16-13-21)23-7-3-2-4-8-23;2-1-3/h2-9,12-19H,10-11H2,1H3,(H,30,31);1H,(H2,2,3)/b9-5-,20-6+,25-19-;. The van der Waals surface area contributed by atoms with Crippen LogP contribution in [0.25, 0.3) is 11.1 Å². The first-order valence-electron chi connectivity index (χ1n) is 11.1. The number of rotatable bonds is 4. The van der Waals surface area contributed by atoms with Crippen LogP contribution < -0.4 is 11.1 Å². The van der Waals surface area contributed by atoms with Crippen LogP contribution in [-0.2, 0) is 22.4 Å². The monoisotopic (exact) mass is 486 g/mol. The molecule has 0 atom stereocenters. The number of nitrogens with two attached hydrogens (primary N) is 1. The zero-order chi connectivity index (χ0) is 25.0. The number of thioether (sulfide) groups is 1. The third-order valence-electron chi connectivity index (χ3n) is 5.31. The molecule has 178 valence electrons. The number of carbonyl (C=O) groups excluding carboxylic acids is 2. The molecule has 0 radical (unpaired) electrons. The summed E-state index contributed by atoms with van der Waals surface area (Å²) in [6.45, 7) is 1.72. The van der Waals surface area contributed by atoms with Gasteiger partial charge in [-0.05, 0) is 60.2 Å². The highest BCUT2D eigenvalue weighted by Gasteiger charge is 2.11. The van der Waals surface area contributed by atoms with E-state index in [1.807, 2.05) is 36.4 Å². The number of hydrogen-bond donors (Lipinski definition) is 2. The van der Waals surface area contributed by atoms with Gasteiger partial charge in [0.1, 0.15) is 5.83 Å². The van der Waals surface area contributed by atoms with E-state index in [9.17, 15) is 9.18 Å². The summed E-state index contributed by atoms with van der Waals surface area (Å²) in [5, 5.41) is 4.42. The molecule has 0 unspecified atom stereocenters.